The maximum atomic E-state index is 13.1. The van der Waals surface area contributed by atoms with E-state index in [4.69, 9.17) is 4.74 Å². The molecule has 0 radical (unpaired) electrons. The number of phenolic OH excluding ortho intramolecular Hbond substituents is 1. The normalized spacial score (nSPS) is 17.9. The van der Waals surface area contributed by atoms with Crippen molar-refractivity contribution in [3.05, 3.63) is 64.7 Å². The maximum Gasteiger partial charge on any atom is 0.295 e. The number of Topliss-reactive ketones (excluding diaryl/α,β-unsaturated/α-hetero) is 1. The number of aliphatic hydroxyl groups excluding tert-OH is 1. The first-order chi connectivity index (χ1) is 15.3. The molecular weight excluding hydrogens is 408 g/mol. The topological polar surface area (TPSA) is 90.3 Å². The fraction of sp³-hybridized carbons (Fsp3) is 0.360. The Kier molecular flexibility index (Phi) is 7.20. The van der Waals surface area contributed by atoms with E-state index in [0.717, 1.165) is 18.7 Å². The number of likely N-dealkylation sites (N-methyl/N-ethyl adjacent to an activating group) is 1. The lowest BCUT2D eigenvalue weighted by Crippen LogP contribution is -2.38. The van der Waals surface area contributed by atoms with Crippen LogP contribution < -0.4 is 4.74 Å². The number of methoxy groups -OCH3 is 1. The van der Waals surface area contributed by atoms with Crippen LogP contribution in [0.15, 0.2) is 48.0 Å². The molecule has 32 heavy (non-hydrogen) atoms. The minimum atomic E-state index is -0.743. The molecule has 3 rings (SSSR count). The monoisotopic (exact) mass is 438 g/mol. The number of aliphatic hydroxyl groups is 1. The van der Waals surface area contributed by atoms with E-state index < -0.39 is 17.7 Å². The van der Waals surface area contributed by atoms with Gasteiger partial charge < -0.3 is 24.7 Å². The van der Waals surface area contributed by atoms with Crippen LogP contribution in [0, 0.1) is 6.92 Å². The van der Waals surface area contributed by atoms with E-state index in [1.165, 1.54) is 17.0 Å². The summed E-state index contributed by atoms with van der Waals surface area (Å²) in [5.41, 5.74) is 1.89. The molecule has 0 aromatic heterocycles. The summed E-state index contributed by atoms with van der Waals surface area (Å²) >= 11 is 0. The van der Waals surface area contributed by atoms with Crippen LogP contribution >= 0.6 is 0 Å². The van der Waals surface area contributed by atoms with Crippen molar-refractivity contribution in [3.8, 4) is 11.5 Å². The second-order valence-electron chi connectivity index (χ2n) is 7.79. The summed E-state index contributed by atoms with van der Waals surface area (Å²) in [6.45, 7) is 8.50. The van der Waals surface area contributed by atoms with Gasteiger partial charge in [0.25, 0.3) is 11.7 Å². The van der Waals surface area contributed by atoms with Gasteiger partial charge in [-0.1, -0.05) is 26.0 Å². The lowest BCUT2D eigenvalue weighted by atomic mass is 9.94. The molecule has 1 amide bonds. The number of nitrogens with zero attached hydrogens (tertiary/aromatic N) is 2. The number of amides is 1. The second-order valence-corrected chi connectivity index (χ2v) is 7.79. The highest BCUT2D eigenvalue weighted by atomic mass is 16.5. The van der Waals surface area contributed by atoms with E-state index in [2.05, 4.69) is 4.90 Å². The van der Waals surface area contributed by atoms with Crippen molar-refractivity contribution >= 4 is 17.4 Å². The number of ketones is 1. The molecule has 1 aliphatic heterocycles. The largest absolute Gasteiger partial charge is 0.508 e. The van der Waals surface area contributed by atoms with Crippen LogP contribution in [0.3, 0.4) is 0 Å². The zero-order chi connectivity index (χ0) is 23.4. The molecule has 7 nitrogen and oxygen atoms in total. The Morgan fingerprint density at radius 2 is 1.75 bits per heavy atom. The molecule has 2 aromatic carbocycles. The smallest absolute Gasteiger partial charge is 0.295 e. The third-order valence-electron chi connectivity index (χ3n) is 5.99. The number of phenols is 1. The number of benzene rings is 2. The molecule has 1 aliphatic rings. The predicted molar refractivity (Wildman–Crippen MR) is 123 cm³/mol. The van der Waals surface area contributed by atoms with Crippen molar-refractivity contribution in [2.45, 2.75) is 26.8 Å². The molecule has 2 N–H and O–H groups in total. The molecule has 0 spiro atoms. The average molecular weight is 439 g/mol. The molecule has 170 valence electrons. The van der Waals surface area contributed by atoms with Gasteiger partial charge in [-0.2, -0.15) is 0 Å². The second kappa shape index (κ2) is 9.87. The molecular formula is C25H30N2O5. The molecule has 1 unspecified atom stereocenters. The molecule has 0 bridgehead atoms. The van der Waals surface area contributed by atoms with Crippen molar-refractivity contribution in [1.82, 2.24) is 9.80 Å². The van der Waals surface area contributed by atoms with Gasteiger partial charge in [0.05, 0.1) is 18.7 Å². The van der Waals surface area contributed by atoms with Crippen molar-refractivity contribution in [2.24, 2.45) is 0 Å². The number of hydrogen-bond donors (Lipinski definition) is 2. The molecule has 0 saturated carbocycles. The Balaban J connectivity index is 2.12. The summed E-state index contributed by atoms with van der Waals surface area (Å²) in [5, 5.41) is 20.9. The molecule has 1 heterocycles. The van der Waals surface area contributed by atoms with Crippen LogP contribution in [0.4, 0.5) is 0 Å². The number of aryl methyl sites for hydroxylation is 1. The van der Waals surface area contributed by atoms with Gasteiger partial charge >= 0.3 is 0 Å². The SMILES string of the molecule is CCN(CC)CCN1C(=O)C(=O)C(=C(O)c2ccc(OC)cc2C)C1c1ccc(O)cc1. The Morgan fingerprint density at radius 3 is 2.31 bits per heavy atom. The zero-order valence-corrected chi connectivity index (χ0v) is 19.0. The fourth-order valence-electron chi connectivity index (χ4n) is 4.08. The van der Waals surface area contributed by atoms with Gasteiger partial charge in [-0.15, -0.1) is 0 Å². The summed E-state index contributed by atoms with van der Waals surface area (Å²) < 4.78 is 5.23. The summed E-state index contributed by atoms with van der Waals surface area (Å²) in [7, 11) is 1.56. The van der Waals surface area contributed by atoms with E-state index >= 15 is 0 Å². The van der Waals surface area contributed by atoms with Gasteiger partial charge in [0, 0.05) is 18.7 Å². The van der Waals surface area contributed by atoms with Crippen LogP contribution in [0.5, 0.6) is 11.5 Å². The highest BCUT2D eigenvalue weighted by Gasteiger charge is 2.46. The first-order valence-electron chi connectivity index (χ1n) is 10.8. The van der Waals surface area contributed by atoms with Crippen LogP contribution in [0.2, 0.25) is 0 Å². The van der Waals surface area contributed by atoms with Gasteiger partial charge in [0.15, 0.2) is 0 Å². The minimum absolute atomic E-state index is 0.0495. The molecule has 1 saturated heterocycles. The maximum absolute atomic E-state index is 13.1. The van der Waals surface area contributed by atoms with E-state index in [-0.39, 0.29) is 17.1 Å². The van der Waals surface area contributed by atoms with Gasteiger partial charge in [-0.3, -0.25) is 9.59 Å². The van der Waals surface area contributed by atoms with Gasteiger partial charge in [0.2, 0.25) is 0 Å². The highest BCUT2D eigenvalue weighted by Crippen LogP contribution is 2.40. The number of rotatable bonds is 8. The van der Waals surface area contributed by atoms with Crippen molar-refractivity contribution < 1.29 is 24.5 Å². The van der Waals surface area contributed by atoms with E-state index in [9.17, 15) is 19.8 Å². The zero-order valence-electron chi connectivity index (χ0n) is 19.0. The average Bonchev–Trinajstić information content (AvgIpc) is 3.04. The summed E-state index contributed by atoms with van der Waals surface area (Å²) in [6.07, 6.45) is 0. The van der Waals surface area contributed by atoms with Crippen LogP contribution in [-0.2, 0) is 9.59 Å². The van der Waals surface area contributed by atoms with E-state index in [1.54, 1.807) is 37.4 Å². The number of aromatic hydroxyl groups is 1. The molecule has 0 aliphatic carbocycles. The number of ether oxygens (including phenoxy) is 1. The lowest BCUT2D eigenvalue weighted by molar-refractivity contribution is -0.140. The van der Waals surface area contributed by atoms with Gasteiger partial charge in [0.1, 0.15) is 17.3 Å². The molecule has 2 aromatic rings. The van der Waals surface area contributed by atoms with Crippen LogP contribution in [0.25, 0.3) is 5.76 Å². The summed E-state index contributed by atoms with van der Waals surface area (Å²) in [5.74, 6) is -0.848. The van der Waals surface area contributed by atoms with Crippen molar-refractivity contribution in [2.75, 3.05) is 33.3 Å². The van der Waals surface area contributed by atoms with E-state index in [1.807, 2.05) is 20.8 Å². The summed E-state index contributed by atoms with van der Waals surface area (Å²) in [6, 6.07) is 10.8. The first-order valence-corrected chi connectivity index (χ1v) is 10.8. The first kappa shape index (κ1) is 23.3. The van der Waals surface area contributed by atoms with E-state index in [0.29, 0.717) is 30.0 Å². The highest BCUT2D eigenvalue weighted by molar-refractivity contribution is 6.46. The van der Waals surface area contributed by atoms with Gasteiger partial charge in [-0.25, -0.2) is 0 Å². The summed E-state index contributed by atoms with van der Waals surface area (Å²) in [4.78, 5) is 29.8. The van der Waals surface area contributed by atoms with Crippen molar-refractivity contribution in [3.63, 3.8) is 0 Å². The third kappa shape index (κ3) is 4.48. The Hall–Kier alpha value is -3.32. The van der Waals surface area contributed by atoms with Crippen molar-refractivity contribution in [1.29, 1.82) is 0 Å². The third-order valence-corrected chi connectivity index (χ3v) is 5.99. The minimum Gasteiger partial charge on any atom is -0.508 e. The number of carbonyl (C=O) groups excluding carboxylic acids is 2. The quantitative estimate of drug-likeness (QED) is 0.373. The standard InChI is InChI=1S/C25H30N2O5/c1-5-26(6-2)13-14-27-22(17-7-9-18(28)10-8-17)21(24(30)25(27)31)23(29)20-12-11-19(32-4)15-16(20)3/h7-12,15,22,28-29H,5-6,13-14H2,1-4H3. The van der Waals surface area contributed by atoms with Crippen LogP contribution in [0.1, 0.15) is 36.6 Å². The molecule has 7 heteroatoms. The number of carbonyl (C=O) groups is 2. The molecule has 1 fully saturated rings. The Labute approximate surface area is 188 Å². The molecule has 1 atom stereocenters. The lowest BCUT2D eigenvalue weighted by Gasteiger charge is -2.28. The predicted octanol–water partition coefficient (Wildman–Crippen LogP) is 3.47. The number of likely N-dealkylation sites (tertiary alicyclic amines) is 1. The van der Waals surface area contributed by atoms with Gasteiger partial charge in [-0.05, 0) is 61.5 Å². The Morgan fingerprint density at radius 1 is 1.09 bits per heavy atom. The fourth-order valence-corrected chi connectivity index (χ4v) is 4.08. The Bertz CT molecular complexity index is 1030. The number of hydrogen-bond acceptors (Lipinski definition) is 6. The van der Waals surface area contributed by atoms with Crippen LogP contribution in [-0.4, -0.2) is 65.0 Å².